The van der Waals surface area contributed by atoms with E-state index in [1.807, 2.05) is 41.6 Å². The quantitative estimate of drug-likeness (QED) is 0.150. The Morgan fingerprint density at radius 2 is 1.67 bits per heavy atom. The summed E-state index contributed by atoms with van der Waals surface area (Å²) >= 11 is 0. The summed E-state index contributed by atoms with van der Waals surface area (Å²) in [6, 6.07) is 19.2. The number of carbonyl (C=O) groups excluding carboxylic acids is 3. The highest BCUT2D eigenvalue weighted by Gasteiger charge is 2.32. The van der Waals surface area contributed by atoms with Gasteiger partial charge in [0.15, 0.2) is 0 Å². The number of piperidine rings is 3. The Hall–Kier alpha value is -5.66. The van der Waals surface area contributed by atoms with Crippen LogP contribution in [-0.4, -0.2) is 113 Å². The first-order valence-corrected chi connectivity index (χ1v) is 23.0. The van der Waals surface area contributed by atoms with E-state index in [9.17, 15) is 14.4 Å². The van der Waals surface area contributed by atoms with Crippen molar-refractivity contribution in [2.45, 2.75) is 76.8 Å². The molecule has 3 atom stereocenters. The number of carbonyl (C=O) groups is 3. The predicted molar refractivity (Wildman–Crippen MR) is 246 cm³/mol. The van der Waals surface area contributed by atoms with Crippen molar-refractivity contribution in [1.29, 1.82) is 0 Å². The number of anilines is 3. The molecule has 2 aromatic heterocycles. The first kappa shape index (κ1) is 42.6. The molecule has 3 amide bonds. The van der Waals surface area contributed by atoms with Gasteiger partial charge in [0.25, 0.3) is 5.91 Å². The first-order chi connectivity index (χ1) is 30.6. The van der Waals surface area contributed by atoms with Gasteiger partial charge in [0, 0.05) is 98.7 Å². The SMILES string of the molecule is CC1Cc2nccc(-c3ccc(N)nc3)c2C=C1C(C)N1CCC(c2ccc(C(=O)N3CCC(CN4CCN(c5ccc(NC6CCC(=O)NC6=O)cc5F)CC4)CC3)cc2)CC1. The third kappa shape index (κ3) is 9.50. The van der Waals surface area contributed by atoms with Crippen molar-refractivity contribution in [3.8, 4) is 11.1 Å². The van der Waals surface area contributed by atoms with Crippen molar-refractivity contribution in [2.75, 3.05) is 74.9 Å². The van der Waals surface area contributed by atoms with Gasteiger partial charge in [-0.1, -0.05) is 25.1 Å². The first-order valence-electron chi connectivity index (χ1n) is 23.0. The second-order valence-electron chi connectivity index (χ2n) is 18.4. The Bertz CT molecular complexity index is 2330. The molecule has 12 nitrogen and oxygen atoms in total. The van der Waals surface area contributed by atoms with Crippen LogP contribution >= 0.6 is 0 Å². The van der Waals surface area contributed by atoms with Crippen LogP contribution in [0.5, 0.6) is 0 Å². The molecular weight excluding hydrogens is 794 g/mol. The monoisotopic (exact) mass is 853 g/mol. The number of hydrogen-bond donors (Lipinski definition) is 3. The van der Waals surface area contributed by atoms with Gasteiger partial charge in [-0.05, 0) is 142 Å². The summed E-state index contributed by atoms with van der Waals surface area (Å²) < 4.78 is 15.2. The van der Waals surface area contributed by atoms with Gasteiger partial charge in [-0.3, -0.25) is 34.5 Å². The third-order valence-corrected chi connectivity index (χ3v) is 14.4. The second kappa shape index (κ2) is 18.6. The molecule has 2 aromatic carbocycles. The predicted octanol–water partition coefficient (Wildman–Crippen LogP) is 6.60. The number of nitrogens with one attached hydrogen (secondary N) is 2. The summed E-state index contributed by atoms with van der Waals surface area (Å²) in [6.07, 6.45) is 11.9. The average Bonchev–Trinajstić information content (AvgIpc) is 3.30. The minimum Gasteiger partial charge on any atom is -0.384 e. The standard InChI is InChI=1S/C50H60FN9O3/c1-32-27-45-42(40(13-18-53-45)38-7-11-47(52)54-30-38)29-41(32)33(2)58-21-16-36(17-22-58)35-3-5-37(6-4-35)50(63)60-19-14-34(15-20-60)31-57-23-25-59(26-24-57)46-10-8-39(28-43(46)51)55-44-9-12-48(61)56-49(44)62/h3-8,10-11,13,18,28-30,32-34,36,44,55H,9,12,14-17,19-27,31H2,1-2H3,(H2,52,54)(H,56,61,62). The number of pyridine rings is 2. The fraction of sp³-hybridized carbons (Fsp3) is 0.460. The number of aromatic nitrogens is 2. The Kier molecular flexibility index (Phi) is 12.6. The number of nitrogens with two attached hydrogens (primary N) is 1. The van der Waals surface area contributed by atoms with Crippen LogP contribution in [0.1, 0.15) is 85.5 Å². The molecule has 63 heavy (non-hydrogen) atoms. The van der Waals surface area contributed by atoms with Gasteiger partial charge >= 0.3 is 0 Å². The van der Waals surface area contributed by atoms with Crippen molar-refractivity contribution in [3.05, 3.63) is 107 Å². The number of rotatable bonds is 10. The number of piperazine rings is 1. The number of halogens is 1. The number of fused-ring (bicyclic) bond motifs is 1. The van der Waals surface area contributed by atoms with E-state index in [1.54, 1.807) is 12.1 Å². The zero-order chi connectivity index (χ0) is 43.6. The van der Waals surface area contributed by atoms with Crippen LogP contribution in [0.15, 0.2) is 78.6 Å². The maximum atomic E-state index is 15.2. The molecule has 330 valence electrons. The molecule has 0 radical (unpaired) electrons. The van der Waals surface area contributed by atoms with Crippen LogP contribution in [0.3, 0.4) is 0 Å². The van der Waals surface area contributed by atoms with Gasteiger partial charge < -0.3 is 20.9 Å². The number of hydrogen-bond acceptors (Lipinski definition) is 10. The molecule has 3 unspecified atom stereocenters. The highest BCUT2D eigenvalue weighted by Crippen LogP contribution is 2.38. The lowest BCUT2D eigenvalue weighted by molar-refractivity contribution is -0.133. The molecule has 0 saturated carbocycles. The molecular formula is C50H60FN9O3. The van der Waals surface area contributed by atoms with Crippen LogP contribution in [0, 0.1) is 17.7 Å². The Balaban J connectivity index is 0.715. The lowest BCUT2D eigenvalue weighted by Crippen LogP contribution is -2.49. The van der Waals surface area contributed by atoms with Crippen LogP contribution < -0.4 is 21.3 Å². The summed E-state index contributed by atoms with van der Waals surface area (Å²) in [6.45, 7) is 12.5. The molecule has 5 aliphatic rings. The maximum absolute atomic E-state index is 15.2. The number of amides is 3. The molecule has 0 spiro atoms. The van der Waals surface area contributed by atoms with Crippen LogP contribution in [-0.2, 0) is 16.0 Å². The van der Waals surface area contributed by atoms with E-state index in [0.717, 1.165) is 113 Å². The maximum Gasteiger partial charge on any atom is 0.253 e. The number of nitrogens with zero attached hydrogens (tertiary/aromatic N) is 6. The summed E-state index contributed by atoms with van der Waals surface area (Å²) in [7, 11) is 0. The van der Waals surface area contributed by atoms with Crippen molar-refractivity contribution in [1.82, 2.24) is 30.0 Å². The van der Waals surface area contributed by atoms with Crippen molar-refractivity contribution < 1.29 is 18.8 Å². The Morgan fingerprint density at radius 1 is 0.905 bits per heavy atom. The molecule has 4 fully saturated rings. The Labute approximate surface area is 370 Å². The fourth-order valence-electron chi connectivity index (χ4n) is 10.6. The van der Waals surface area contributed by atoms with Crippen molar-refractivity contribution in [3.63, 3.8) is 0 Å². The average molecular weight is 854 g/mol. The van der Waals surface area contributed by atoms with Crippen LogP contribution in [0.25, 0.3) is 17.2 Å². The molecule has 6 heterocycles. The minimum absolute atomic E-state index is 0.125. The normalized spacial score (nSPS) is 22.3. The van der Waals surface area contributed by atoms with Gasteiger partial charge in [0.05, 0.1) is 5.69 Å². The number of nitrogen functional groups attached to an aromatic ring is 1. The molecule has 1 aliphatic carbocycles. The number of imide groups is 1. The topological polar surface area (TPSA) is 140 Å². The zero-order valence-electron chi connectivity index (χ0n) is 36.6. The molecule has 4 aliphatic heterocycles. The number of likely N-dealkylation sites (tertiary alicyclic amines) is 2. The van der Waals surface area contributed by atoms with E-state index < -0.39 is 6.04 Å². The summed E-state index contributed by atoms with van der Waals surface area (Å²) in [5.74, 6) is 1.10. The van der Waals surface area contributed by atoms with Gasteiger partial charge in [-0.15, -0.1) is 0 Å². The van der Waals surface area contributed by atoms with E-state index in [1.165, 1.54) is 22.8 Å². The Morgan fingerprint density at radius 3 is 2.37 bits per heavy atom. The second-order valence-corrected chi connectivity index (χ2v) is 18.4. The molecule has 0 bridgehead atoms. The highest BCUT2D eigenvalue weighted by atomic mass is 19.1. The van der Waals surface area contributed by atoms with Gasteiger partial charge in [-0.25, -0.2) is 9.37 Å². The van der Waals surface area contributed by atoms with Gasteiger partial charge in [0.1, 0.15) is 17.7 Å². The summed E-state index contributed by atoms with van der Waals surface area (Å²) in [4.78, 5) is 55.6. The smallest absolute Gasteiger partial charge is 0.253 e. The fourth-order valence-corrected chi connectivity index (χ4v) is 10.6. The largest absolute Gasteiger partial charge is 0.384 e. The van der Waals surface area contributed by atoms with Crippen LogP contribution in [0.4, 0.5) is 21.6 Å². The minimum atomic E-state index is -0.549. The van der Waals surface area contributed by atoms with Gasteiger partial charge in [0.2, 0.25) is 11.8 Å². The van der Waals surface area contributed by atoms with E-state index in [2.05, 4.69) is 68.4 Å². The van der Waals surface area contributed by atoms with E-state index in [-0.39, 0.29) is 30.0 Å². The van der Waals surface area contributed by atoms with E-state index >= 15 is 4.39 Å². The van der Waals surface area contributed by atoms with Gasteiger partial charge in [-0.2, -0.15) is 0 Å². The van der Waals surface area contributed by atoms with E-state index in [0.29, 0.717) is 47.4 Å². The van der Waals surface area contributed by atoms with Crippen molar-refractivity contribution >= 4 is 41.0 Å². The third-order valence-electron chi connectivity index (χ3n) is 14.4. The molecule has 4 N–H and O–H groups in total. The zero-order valence-corrected chi connectivity index (χ0v) is 36.6. The number of benzene rings is 2. The van der Waals surface area contributed by atoms with Crippen LogP contribution in [0.2, 0.25) is 0 Å². The molecule has 9 rings (SSSR count). The summed E-state index contributed by atoms with van der Waals surface area (Å²) in [5, 5.41) is 5.40. The lowest BCUT2D eigenvalue weighted by atomic mass is 9.80. The van der Waals surface area contributed by atoms with Crippen molar-refractivity contribution in [2.24, 2.45) is 11.8 Å². The van der Waals surface area contributed by atoms with E-state index in [4.69, 9.17) is 10.7 Å². The molecule has 4 saturated heterocycles. The lowest BCUT2D eigenvalue weighted by Gasteiger charge is -2.40. The molecule has 4 aromatic rings. The molecule has 13 heteroatoms. The highest BCUT2D eigenvalue weighted by molar-refractivity contribution is 6.01. The summed E-state index contributed by atoms with van der Waals surface area (Å²) in [5.41, 5.74) is 15.1.